The van der Waals surface area contributed by atoms with E-state index in [9.17, 15) is 18.0 Å². The molecule has 0 unspecified atom stereocenters. The van der Waals surface area contributed by atoms with Crippen LogP contribution in [0.5, 0.6) is 0 Å². The first-order chi connectivity index (χ1) is 12.7. The van der Waals surface area contributed by atoms with Gasteiger partial charge >= 0.3 is 0 Å². The zero-order valence-corrected chi connectivity index (χ0v) is 16.6. The maximum atomic E-state index is 12.3. The number of para-hydroxylation sites is 1. The summed E-state index contributed by atoms with van der Waals surface area (Å²) < 4.78 is 24.6. The van der Waals surface area contributed by atoms with Crippen molar-refractivity contribution in [3.8, 4) is 0 Å². The van der Waals surface area contributed by atoms with E-state index in [1.54, 1.807) is 48.5 Å². The lowest BCUT2D eigenvalue weighted by Gasteiger charge is -2.13. The smallest absolute Gasteiger partial charge is 0.253 e. The third-order valence-electron chi connectivity index (χ3n) is 3.52. The van der Waals surface area contributed by atoms with Crippen LogP contribution >= 0.6 is 11.6 Å². The van der Waals surface area contributed by atoms with Gasteiger partial charge in [0.2, 0.25) is 5.91 Å². The van der Waals surface area contributed by atoms with E-state index < -0.39 is 21.5 Å². The predicted molar refractivity (Wildman–Crippen MR) is 107 cm³/mol. The van der Waals surface area contributed by atoms with E-state index in [0.29, 0.717) is 10.6 Å². The van der Waals surface area contributed by atoms with Crippen molar-refractivity contribution >= 4 is 38.9 Å². The van der Waals surface area contributed by atoms with Crippen LogP contribution in [0.15, 0.2) is 48.5 Å². The molecule has 0 heterocycles. The van der Waals surface area contributed by atoms with E-state index in [2.05, 4.69) is 10.6 Å². The number of hydrogen-bond acceptors (Lipinski definition) is 4. The first-order valence-electron chi connectivity index (χ1n) is 8.31. The van der Waals surface area contributed by atoms with Crippen LogP contribution in [0, 0.1) is 0 Å². The largest absolute Gasteiger partial charge is 0.350 e. The number of benzene rings is 2. The van der Waals surface area contributed by atoms with Crippen LogP contribution in [-0.4, -0.2) is 32.0 Å². The molecule has 0 aliphatic rings. The van der Waals surface area contributed by atoms with E-state index >= 15 is 0 Å². The summed E-state index contributed by atoms with van der Waals surface area (Å²) in [7, 11) is -3.67. The third kappa shape index (κ3) is 6.69. The van der Waals surface area contributed by atoms with Crippen LogP contribution in [0.3, 0.4) is 0 Å². The lowest BCUT2D eigenvalue weighted by atomic mass is 10.1. The molecule has 2 rings (SSSR count). The Morgan fingerprint density at radius 2 is 1.67 bits per heavy atom. The molecule has 144 valence electrons. The molecular weight excluding hydrogens is 388 g/mol. The molecule has 0 fully saturated rings. The Bertz CT molecular complexity index is 925. The van der Waals surface area contributed by atoms with Crippen LogP contribution in [0.4, 0.5) is 5.69 Å². The van der Waals surface area contributed by atoms with Crippen LogP contribution in [-0.2, 0) is 20.4 Å². The van der Waals surface area contributed by atoms with Gasteiger partial charge in [-0.1, -0.05) is 35.9 Å². The molecule has 0 radical (unpaired) electrons. The molecule has 6 nitrogen and oxygen atoms in total. The number of carbonyl (C=O) groups is 2. The molecule has 2 N–H and O–H groups in total. The van der Waals surface area contributed by atoms with Crippen molar-refractivity contribution in [2.24, 2.45) is 0 Å². The molecule has 0 atom stereocenters. The van der Waals surface area contributed by atoms with Gasteiger partial charge in [-0.15, -0.1) is 0 Å². The van der Waals surface area contributed by atoms with Crippen molar-refractivity contribution in [2.45, 2.75) is 25.6 Å². The zero-order valence-electron chi connectivity index (χ0n) is 15.0. The maximum Gasteiger partial charge on any atom is 0.253 e. The molecular formula is C19H21ClN2O4S. The van der Waals surface area contributed by atoms with Gasteiger partial charge in [0.25, 0.3) is 5.91 Å². The molecule has 0 saturated heterocycles. The number of amides is 2. The summed E-state index contributed by atoms with van der Waals surface area (Å²) in [6.07, 6.45) is 0. The Kier molecular flexibility index (Phi) is 6.98. The van der Waals surface area contributed by atoms with Crippen LogP contribution in [0.2, 0.25) is 5.02 Å². The molecule has 2 aromatic rings. The summed E-state index contributed by atoms with van der Waals surface area (Å²) in [6, 6.07) is 12.8. The Hall–Kier alpha value is -2.38. The highest BCUT2D eigenvalue weighted by molar-refractivity contribution is 7.91. The Morgan fingerprint density at radius 3 is 2.30 bits per heavy atom. The van der Waals surface area contributed by atoms with Crippen molar-refractivity contribution in [3.63, 3.8) is 0 Å². The Labute approximate surface area is 163 Å². The average Bonchev–Trinajstić information content (AvgIpc) is 2.56. The molecule has 0 bridgehead atoms. The van der Waals surface area contributed by atoms with Crippen molar-refractivity contribution in [1.82, 2.24) is 5.32 Å². The third-order valence-corrected chi connectivity index (χ3v) is 5.24. The van der Waals surface area contributed by atoms with Gasteiger partial charge < -0.3 is 10.6 Å². The van der Waals surface area contributed by atoms with Gasteiger partial charge in [0.05, 0.1) is 17.0 Å². The second-order valence-electron chi connectivity index (χ2n) is 6.38. The standard InChI is InChI=1S/C19H21ClN2O4S/c1-13(2)21-19(24)16-5-3-4-6-17(16)22-18(23)12-27(25,26)11-14-7-9-15(20)10-8-14/h3-10,13H,11-12H2,1-2H3,(H,21,24)(H,22,23). The Balaban J connectivity index is 2.07. The summed E-state index contributed by atoms with van der Waals surface area (Å²) in [5.41, 5.74) is 1.08. The molecule has 8 heteroatoms. The van der Waals surface area contributed by atoms with Gasteiger partial charge in [0, 0.05) is 11.1 Å². The highest BCUT2D eigenvalue weighted by atomic mass is 35.5. The van der Waals surface area contributed by atoms with E-state index in [1.807, 2.05) is 13.8 Å². The van der Waals surface area contributed by atoms with Crippen molar-refractivity contribution < 1.29 is 18.0 Å². The van der Waals surface area contributed by atoms with E-state index in [4.69, 9.17) is 11.6 Å². The number of carbonyl (C=O) groups excluding carboxylic acids is 2. The average molecular weight is 409 g/mol. The molecule has 0 aliphatic heterocycles. The minimum atomic E-state index is -3.67. The number of rotatable bonds is 7. The van der Waals surface area contributed by atoms with Crippen molar-refractivity contribution in [2.75, 3.05) is 11.1 Å². The molecule has 0 saturated carbocycles. The molecule has 2 amide bonds. The van der Waals surface area contributed by atoms with E-state index in [-0.39, 0.29) is 29.0 Å². The number of halogens is 1. The quantitative estimate of drug-likeness (QED) is 0.736. The highest BCUT2D eigenvalue weighted by Gasteiger charge is 2.20. The summed E-state index contributed by atoms with van der Waals surface area (Å²) in [5, 5.41) is 5.76. The van der Waals surface area contributed by atoms with Crippen LogP contribution in [0.1, 0.15) is 29.8 Å². The number of hydrogen-bond donors (Lipinski definition) is 2. The first-order valence-corrected chi connectivity index (χ1v) is 10.5. The maximum absolute atomic E-state index is 12.3. The second-order valence-corrected chi connectivity index (χ2v) is 8.88. The summed E-state index contributed by atoms with van der Waals surface area (Å²) >= 11 is 5.78. The predicted octanol–water partition coefficient (Wildman–Crippen LogP) is 3.03. The van der Waals surface area contributed by atoms with Crippen LogP contribution < -0.4 is 10.6 Å². The van der Waals surface area contributed by atoms with Crippen molar-refractivity contribution in [1.29, 1.82) is 0 Å². The monoisotopic (exact) mass is 408 g/mol. The lowest BCUT2D eigenvalue weighted by molar-refractivity contribution is -0.113. The number of sulfone groups is 1. The fraction of sp³-hybridized carbons (Fsp3) is 0.263. The summed E-state index contributed by atoms with van der Waals surface area (Å²) in [5.74, 6) is -2.00. The topological polar surface area (TPSA) is 92.3 Å². The molecule has 2 aromatic carbocycles. The van der Waals surface area contributed by atoms with Gasteiger partial charge in [-0.2, -0.15) is 0 Å². The Morgan fingerprint density at radius 1 is 1.04 bits per heavy atom. The molecule has 0 spiro atoms. The van der Waals surface area contributed by atoms with Gasteiger partial charge in [0.1, 0.15) is 5.75 Å². The zero-order chi connectivity index (χ0) is 20.0. The van der Waals surface area contributed by atoms with E-state index in [1.165, 1.54) is 0 Å². The minimum Gasteiger partial charge on any atom is -0.350 e. The number of nitrogens with one attached hydrogen (secondary N) is 2. The number of anilines is 1. The molecule has 27 heavy (non-hydrogen) atoms. The fourth-order valence-electron chi connectivity index (χ4n) is 2.40. The van der Waals surface area contributed by atoms with Gasteiger partial charge in [-0.3, -0.25) is 9.59 Å². The van der Waals surface area contributed by atoms with Crippen LogP contribution in [0.25, 0.3) is 0 Å². The normalized spacial score (nSPS) is 11.3. The van der Waals surface area contributed by atoms with E-state index in [0.717, 1.165) is 0 Å². The fourth-order valence-corrected chi connectivity index (χ4v) is 3.80. The van der Waals surface area contributed by atoms with Gasteiger partial charge in [-0.05, 0) is 43.7 Å². The SMILES string of the molecule is CC(C)NC(=O)c1ccccc1NC(=O)CS(=O)(=O)Cc1ccc(Cl)cc1. The minimum absolute atomic E-state index is 0.0685. The van der Waals surface area contributed by atoms with Crippen molar-refractivity contribution in [3.05, 3.63) is 64.7 Å². The second kappa shape index (κ2) is 9.01. The first kappa shape index (κ1) is 20.9. The summed E-state index contributed by atoms with van der Waals surface area (Å²) in [6.45, 7) is 3.64. The highest BCUT2D eigenvalue weighted by Crippen LogP contribution is 2.16. The lowest BCUT2D eigenvalue weighted by Crippen LogP contribution is -2.31. The van der Waals surface area contributed by atoms with Gasteiger partial charge in [-0.25, -0.2) is 8.42 Å². The summed E-state index contributed by atoms with van der Waals surface area (Å²) in [4.78, 5) is 24.4. The molecule has 0 aromatic heterocycles. The molecule has 0 aliphatic carbocycles. The van der Waals surface area contributed by atoms with Gasteiger partial charge in [0.15, 0.2) is 9.84 Å².